The summed E-state index contributed by atoms with van der Waals surface area (Å²) in [5.41, 5.74) is 9.14. The summed E-state index contributed by atoms with van der Waals surface area (Å²) in [4.78, 5) is 15.5. The van der Waals surface area contributed by atoms with Gasteiger partial charge in [0.05, 0.1) is 6.85 Å². The number of aromatic nitrogens is 3. The van der Waals surface area contributed by atoms with Gasteiger partial charge < -0.3 is 4.42 Å². The van der Waals surface area contributed by atoms with Crippen LogP contribution in [0.3, 0.4) is 0 Å². The van der Waals surface area contributed by atoms with E-state index in [0.29, 0.717) is 23.0 Å². The Kier molecular flexibility index (Phi) is 6.49. The molecule has 3 aromatic heterocycles. The minimum atomic E-state index is -0.398. The second-order valence-corrected chi connectivity index (χ2v) is 14.7. The fraction of sp³-hybridized carbons (Fsp3) is 0. The van der Waals surface area contributed by atoms with Crippen molar-refractivity contribution < 1.29 is 11.3 Å². The third kappa shape index (κ3) is 5.56. The van der Waals surface area contributed by atoms with Crippen molar-refractivity contribution in [1.82, 2.24) is 15.0 Å². The monoisotopic (exact) mass is 738 g/mol. The van der Waals surface area contributed by atoms with Gasteiger partial charge in [-0.2, -0.15) is 0 Å². The minimum absolute atomic E-state index is 0.195. The van der Waals surface area contributed by atoms with E-state index in [1.165, 1.54) is 0 Å². The van der Waals surface area contributed by atoms with Crippen molar-refractivity contribution in [2.75, 3.05) is 0 Å². The summed E-state index contributed by atoms with van der Waals surface area (Å²) in [7, 11) is 0. The van der Waals surface area contributed by atoms with Crippen LogP contribution in [0.25, 0.3) is 110 Å². The molecule has 0 aliphatic rings. The highest BCUT2D eigenvalue weighted by molar-refractivity contribution is 7.26. The van der Waals surface area contributed by atoms with Gasteiger partial charge in [0, 0.05) is 47.6 Å². The Hall–Kier alpha value is -7.21. The fourth-order valence-electron chi connectivity index (χ4n) is 7.57. The van der Waals surface area contributed by atoms with Crippen molar-refractivity contribution in [3.8, 4) is 67.5 Å². The van der Waals surface area contributed by atoms with Crippen LogP contribution in [-0.4, -0.2) is 15.0 Å². The van der Waals surface area contributed by atoms with Crippen LogP contribution in [0.2, 0.25) is 0 Å². The van der Waals surface area contributed by atoms with E-state index < -0.39 is 6.04 Å². The predicted octanol–water partition coefficient (Wildman–Crippen LogP) is 14.1. The summed E-state index contributed by atoms with van der Waals surface area (Å²) in [6.07, 6.45) is 0. The molecule has 0 unspecified atom stereocenters. The first-order chi connectivity index (χ1) is 29.8. The van der Waals surface area contributed by atoms with E-state index in [1.807, 2.05) is 84.9 Å². The van der Waals surface area contributed by atoms with Crippen molar-refractivity contribution in [2.45, 2.75) is 0 Å². The van der Waals surface area contributed by atoms with Crippen LogP contribution in [0.5, 0.6) is 0 Å². The van der Waals surface area contributed by atoms with Crippen molar-refractivity contribution in [3.63, 3.8) is 0 Å². The maximum absolute atomic E-state index is 8.38. The standard InChI is InChI=1S/C51H31N3OS/c1-3-11-32(12-4-1)33-21-23-34(24-22-33)35-25-27-36(28-26-35)38-29-30-45-42(31-38)48-41(17-10-20-46(48)56-45)51-53-49(37-13-5-2-6-14-37)52-50(54-51)40-16-9-19-44-47(40)39-15-7-8-18-43(39)55-44/h1-31H/i1D,3D,4D,11D,12D. The van der Waals surface area contributed by atoms with Crippen LogP contribution in [-0.2, 0) is 0 Å². The molecule has 0 aliphatic carbocycles. The molecule has 0 atom stereocenters. The molecule has 0 N–H and O–H groups in total. The molecule has 262 valence electrons. The van der Waals surface area contributed by atoms with Gasteiger partial charge in [-0.1, -0.05) is 158 Å². The Bertz CT molecular complexity index is 3500. The maximum Gasteiger partial charge on any atom is 0.164 e. The van der Waals surface area contributed by atoms with Gasteiger partial charge in [0.25, 0.3) is 0 Å². The number of thiophene rings is 1. The van der Waals surface area contributed by atoms with E-state index in [4.69, 9.17) is 26.2 Å². The van der Waals surface area contributed by atoms with Gasteiger partial charge in [0.15, 0.2) is 17.5 Å². The smallest absolute Gasteiger partial charge is 0.164 e. The van der Waals surface area contributed by atoms with Crippen molar-refractivity contribution in [3.05, 3.63) is 188 Å². The minimum Gasteiger partial charge on any atom is -0.456 e. The van der Waals surface area contributed by atoms with Crippen LogP contribution < -0.4 is 0 Å². The topological polar surface area (TPSA) is 51.8 Å². The average molecular weight is 739 g/mol. The second kappa shape index (κ2) is 13.3. The molecule has 0 radical (unpaired) electrons. The zero-order valence-corrected chi connectivity index (χ0v) is 30.5. The van der Waals surface area contributed by atoms with Gasteiger partial charge in [-0.25, -0.2) is 15.0 Å². The summed E-state index contributed by atoms with van der Waals surface area (Å²) < 4.78 is 49.4. The van der Waals surface area contributed by atoms with E-state index in [9.17, 15) is 0 Å². The van der Waals surface area contributed by atoms with Gasteiger partial charge in [-0.15, -0.1) is 11.3 Å². The van der Waals surface area contributed by atoms with Crippen molar-refractivity contribution in [1.29, 1.82) is 0 Å². The number of para-hydroxylation sites is 1. The zero-order chi connectivity index (χ0) is 41.4. The molecule has 11 rings (SSSR count). The number of hydrogen-bond donors (Lipinski definition) is 0. The summed E-state index contributed by atoms with van der Waals surface area (Å²) in [5, 5.41) is 4.18. The van der Waals surface area contributed by atoms with Crippen LogP contribution >= 0.6 is 11.3 Å². The molecule has 0 spiro atoms. The summed E-state index contributed by atoms with van der Waals surface area (Å²) >= 11 is 1.75. The molecule has 11 aromatic rings. The second-order valence-electron chi connectivity index (χ2n) is 13.6. The van der Waals surface area contributed by atoms with Gasteiger partial charge >= 0.3 is 0 Å². The molecule has 0 fully saturated rings. The molecule has 5 heteroatoms. The Balaban J connectivity index is 0.993. The van der Waals surface area contributed by atoms with Crippen LogP contribution in [0.4, 0.5) is 0 Å². The molecule has 0 saturated heterocycles. The van der Waals surface area contributed by atoms with E-state index in [0.717, 1.165) is 81.1 Å². The lowest BCUT2D eigenvalue weighted by Crippen LogP contribution is -2.00. The highest BCUT2D eigenvalue weighted by Crippen LogP contribution is 2.42. The number of hydrogen-bond acceptors (Lipinski definition) is 5. The Morgan fingerprint density at radius 2 is 0.964 bits per heavy atom. The first-order valence-electron chi connectivity index (χ1n) is 20.8. The maximum atomic E-state index is 8.38. The predicted molar refractivity (Wildman–Crippen MR) is 233 cm³/mol. The molecule has 8 aromatic carbocycles. The largest absolute Gasteiger partial charge is 0.456 e. The first-order valence-corrected chi connectivity index (χ1v) is 19.1. The zero-order valence-electron chi connectivity index (χ0n) is 34.7. The molecular weight excluding hydrogens is 703 g/mol. The van der Waals surface area contributed by atoms with E-state index >= 15 is 0 Å². The molecule has 0 bridgehead atoms. The highest BCUT2D eigenvalue weighted by Gasteiger charge is 2.20. The molecule has 0 saturated carbocycles. The lowest BCUT2D eigenvalue weighted by atomic mass is 9.97. The molecule has 3 heterocycles. The van der Waals surface area contributed by atoms with Crippen LogP contribution in [0.15, 0.2) is 192 Å². The Labute approximate surface area is 334 Å². The van der Waals surface area contributed by atoms with Gasteiger partial charge in [0.2, 0.25) is 0 Å². The summed E-state index contributed by atoms with van der Waals surface area (Å²) in [6, 6.07) is 51.3. The van der Waals surface area contributed by atoms with Crippen molar-refractivity contribution in [2.24, 2.45) is 0 Å². The number of nitrogens with zero attached hydrogens (tertiary/aromatic N) is 3. The Morgan fingerprint density at radius 3 is 1.70 bits per heavy atom. The van der Waals surface area contributed by atoms with E-state index in [-0.39, 0.29) is 29.7 Å². The SMILES string of the molecule is [2H]c1c([2H])c([2H])c(-c2ccc(-c3ccc(-c4ccc5sc6cccc(-c7nc(-c8ccccc8)nc(-c8cccc9oc%10ccccc%10c89)n7)c6c5c4)cc3)cc2)c([2H])c1[2H]. The average Bonchev–Trinajstić information content (AvgIpc) is 3.89. The number of rotatable bonds is 6. The molecule has 4 nitrogen and oxygen atoms in total. The van der Waals surface area contributed by atoms with E-state index in [1.54, 1.807) is 11.3 Å². The van der Waals surface area contributed by atoms with Crippen LogP contribution in [0, 0.1) is 0 Å². The lowest BCUT2D eigenvalue weighted by molar-refractivity contribution is 0.669. The number of benzene rings is 8. The number of furan rings is 1. The first kappa shape index (κ1) is 27.4. The summed E-state index contributed by atoms with van der Waals surface area (Å²) in [6.45, 7) is 0. The van der Waals surface area contributed by atoms with Crippen molar-refractivity contribution >= 4 is 53.4 Å². The quantitative estimate of drug-likeness (QED) is 0.170. The lowest BCUT2D eigenvalue weighted by Gasteiger charge is -2.10. The highest BCUT2D eigenvalue weighted by atomic mass is 32.1. The van der Waals surface area contributed by atoms with Crippen LogP contribution in [0.1, 0.15) is 6.85 Å². The number of fused-ring (bicyclic) bond motifs is 6. The third-order valence-electron chi connectivity index (χ3n) is 10.3. The fourth-order valence-corrected chi connectivity index (χ4v) is 8.68. The molecular formula is C51H31N3OS. The Morgan fingerprint density at radius 1 is 0.393 bits per heavy atom. The van der Waals surface area contributed by atoms with Gasteiger partial charge in [-0.3, -0.25) is 0 Å². The molecule has 0 aliphatic heterocycles. The molecule has 0 amide bonds. The summed E-state index contributed by atoms with van der Waals surface area (Å²) in [5.74, 6) is 1.75. The third-order valence-corrected chi connectivity index (χ3v) is 11.4. The van der Waals surface area contributed by atoms with Gasteiger partial charge in [0.1, 0.15) is 11.2 Å². The normalized spacial score (nSPS) is 12.8. The molecule has 56 heavy (non-hydrogen) atoms. The van der Waals surface area contributed by atoms with Gasteiger partial charge in [-0.05, 0) is 63.7 Å². The van der Waals surface area contributed by atoms with E-state index in [2.05, 4.69) is 72.8 Å².